The molecule has 0 aliphatic carbocycles. The maximum absolute atomic E-state index is 12.8. The van der Waals surface area contributed by atoms with Gasteiger partial charge in [0, 0.05) is 13.7 Å². The molecule has 0 spiro atoms. The number of ether oxygens (including phenoxy) is 2. The lowest BCUT2D eigenvalue weighted by molar-refractivity contribution is -0.137. The van der Waals surface area contributed by atoms with Crippen molar-refractivity contribution in [1.29, 1.82) is 0 Å². The number of nitrogens with one attached hydrogen (secondary N) is 2. The molecule has 0 unspecified atom stereocenters. The van der Waals surface area contributed by atoms with Gasteiger partial charge in [-0.15, -0.1) is 12.4 Å². The third-order valence-electron chi connectivity index (χ3n) is 2.81. The van der Waals surface area contributed by atoms with Crippen molar-refractivity contribution >= 4 is 24.0 Å². The minimum atomic E-state index is -4.49. The van der Waals surface area contributed by atoms with E-state index in [0.29, 0.717) is 26.2 Å². The van der Waals surface area contributed by atoms with E-state index in [4.69, 9.17) is 9.47 Å². The fourth-order valence-corrected chi connectivity index (χ4v) is 1.71. The summed E-state index contributed by atoms with van der Waals surface area (Å²) in [7, 11) is 1.53. The van der Waals surface area contributed by atoms with Crippen LogP contribution in [0.5, 0.6) is 5.75 Å². The van der Waals surface area contributed by atoms with Crippen LogP contribution in [0.1, 0.15) is 18.9 Å². The number of alkyl halides is 3. The van der Waals surface area contributed by atoms with Gasteiger partial charge in [-0.1, -0.05) is 6.92 Å². The van der Waals surface area contributed by atoms with Crippen LogP contribution in [0.4, 0.5) is 18.9 Å². The SMILES string of the molecule is CCCOc1ccc(C(F)(F)F)cc1NC(=O)CNCCOC.Cl. The summed E-state index contributed by atoms with van der Waals surface area (Å²) in [6.45, 7) is 3.09. The molecule has 0 aromatic heterocycles. The van der Waals surface area contributed by atoms with E-state index in [2.05, 4.69) is 10.6 Å². The highest BCUT2D eigenvalue weighted by atomic mass is 35.5. The number of hydrogen-bond donors (Lipinski definition) is 2. The van der Waals surface area contributed by atoms with Crippen molar-refractivity contribution in [3.8, 4) is 5.75 Å². The highest BCUT2D eigenvalue weighted by Crippen LogP contribution is 2.35. The Labute approximate surface area is 145 Å². The van der Waals surface area contributed by atoms with Crippen molar-refractivity contribution in [2.45, 2.75) is 19.5 Å². The Morgan fingerprint density at radius 3 is 2.54 bits per heavy atom. The average molecular weight is 371 g/mol. The summed E-state index contributed by atoms with van der Waals surface area (Å²) in [5.41, 5.74) is -0.837. The summed E-state index contributed by atoms with van der Waals surface area (Å²) in [5.74, 6) is -0.244. The van der Waals surface area contributed by atoms with Crippen LogP contribution in [0.15, 0.2) is 18.2 Å². The molecular formula is C15H22ClF3N2O3. The highest BCUT2D eigenvalue weighted by molar-refractivity contribution is 5.93. The molecule has 0 saturated carbocycles. The van der Waals surface area contributed by atoms with Gasteiger partial charge in [0.05, 0.1) is 31.0 Å². The number of rotatable bonds is 9. The van der Waals surface area contributed by atoms with Crippen LogP contribution < -0.4 is 15.4 Å². The Morgan fingerprint density at radius 2 is 1.96 bits per heavy atom. The molecule has 2 N–H and O–H groups in total. The van der Waals surface area contributed by atoms with E-state index in [1.807, 2.05) is 6.92 Å². The maximum atomic E-state index is 12.8. The van der Waals surface area contributed by atoms with Gasteiger partial charge >= 0.3 is 6.18 Å². The molecule has 138 valence electrons. The molecule has 0 bridgehead atoms. The Balaban J connectivity index is 0.00000529. The van der Waals surface area contributed by atoms with Crippen molar-refractivity contribution in [2.24, 2.45) is 0 Å². The Kier molecular flexibility index (Phi) is 10.4. The Bertz CT molecular complexity index is 513. The van der Waals surface area contributed by atoms with Crippen LogP contribution >= 0.6 is 12.4 Å². The number of amides is 1. The number of benzene rings is 1. The van der Waals surface area contributed by atoms with E-state index in [0.717, 1.165) is 12.1 Å². The molecule has 9 heteroatoms. The molecule has 0 aliphatic rings. The molecule has 24 heavy (non-hydrogen) atoms. The van der Waals surface area contributed by atoms with Crippen molar-refractivity contribution in [3.63, 3.8) is 0 Å². The summed E-state index contributed by atoms with van der Waals surface area (Å²) in [4.78, 5) is 11.8. The molecule has 0 aliphatic heterocycles. The molecule has 0 fully saturated rings. The lowest BCUT2D eigenvalue weighted by Crippen LogP contribution is -2.30. The predicted molar refractivity (Wildman–Crippen MR) is 87.9 cm³/mol. The first-order valence-corrected chi connectivity index (χ1v) is 7.22. The molecule has 1 aromatic rings. The Hall–Kier alpha value is -1.51. The number of carbonyl (C=O) groups excluding carboxylic acids is 1. The van der Waals surface area contributed by atoms with Crippen LogP contribution in [-0.4, -0.2) is 39.3 Å². The van der Waals surface area contributed by atoms with Gasteiger partial charge in [-0.05, 0) is 24.6 Å². The zero-order valence-corrected chi connectivity index (χ0v) is 14.4. The first-order chi connectivity index (χ1) is 10.9. The zero-order chi connectivity index (χ0) is 17.3. The third-order valence-corrected chi connectivity index (χ3v) is 2.81. The largest absolute Gasteiger partial charge is 0.491 e. The van der Waals surface area contributed by atoms with Gasteiger partial charge in [-0.25, -0.2) is 0 Å². The molecule has 0 radical (unpaired) electrons. The van der Waals surface area contributed by atoms with Crippen LogP contribution in [0.2, 0.25) is 0 Å². The smallest absolute Gasteiger partial charge is 0.416 e. The van der Waals surface area contributed by atoms with Gasteiger partial charge in [0.25, 0.3) is 0 Å². The second kappa shape index (κ2) is 11.1. The van der Waals surface area contributed by atoms with E-state index >= 15 is 0 Å². The van der Waals surface area contributed by atoms with Crippen LogP contribution in [0.25, 0.3) is 0 Å². The number of hydrogen-bond acceptors (Lipinski definition) is 4. The van der Waals surface area contributed by atoms with E-state index in [1.54, 1.807) is 0 Å². The van der Waals surface area contributed by atoms with Gasteiger partial charge in [-0.3, -0.25) is 4.79 Å². The van der Waals surface area contributed by atoms with Gasteiger partial charge in [0.15, 0.2) is 0 Å². The van der Waals surface area contributed by atoms with Crippen LogP contribution in [-0.2, 0) is 15.7 Å². The monoisotopic (exact) mass is 370 g/mol. The van der Waals surface area contributed by atoms with Crippen LogP contribution in [0.3, 0.4) is 0 Å². The molecule has 1 rings (SSSR count). The summed E-state index contributed by atoms with van der Waals surface area (Å²) in [5, 5.41) is 5.26. The molecule has 0 atom stereocenters. The average Bonchev–Trinajstić information content (AvgIpc) is 2.49. The number of anilines is 1. The first-order valence-electron chi connectivity index (χ1n) is 7.22. The quantitative estimate of drug-likeness (QED) is 0.656. The van der Waals surface area contributed by atoms with Gasteiger partial charge in [-0.2, -0.15) is 13.2 Å². The van der Waals surface area contributed by atoms with Crippen LogP contribution in [0, 0.1) is 0 Å². The lowest BCUT2D eigenvalue weighted by Gasteiger charge is -2.15. The minimum absolute atomic E-state index is 0. The van der Waals surface area contributed by atoms with Crippen molar-refractivity contribution in [1.82, 2.24) is 5.32 Å². The second-order valence-corrected chi connectivity index (χ2v) is 4.77. The minimum Gasteiger partial charge on any atom is -0.491 e. The fraction of sp³-hybridized carbons (Fsp3) is 0.533. The van der Waals surface area contributed by atoms with Gasteiger partial charge in [0.1, 0.15) is 5.75 Å². The van der Waals surface area contributed by atoms with Gasteiger partial charge < -0.3 is 20.1 Å². The van der Waals surface area contributed by atoms with E-state index in [-0.39, 0.29) is 30.4 Å². The molecule has 1 amide bonds. The second-order valence-electron chi connectivity index (χ2n) is 4.77. The first kappa shape index (κ1) is 22.5. The van der Waals surface area contributed by atoms with E-state index in [1.165, 1.54) is 13.2 Å². The fourth-order valence-electron chi connectivity index (χ4n) is 1.71. The molecule has 1 aromatic carbocycles. The van der Waals surface area contributed by atoms with Crippen molar-refractivity contribution < 1.29 is 27.4 Å². The van der Waals surface area contributed by atoms with Crippen molar-refractivity contribution in [2.75, 3.05) is 38.7 Å². The summed E-state index contributed by atoms with van der Waals surface area (Å²) in [6.07, 6.45) is -3.79. The summed E-state index contributed by atoms with van der Waals surface area (Å²) < 4.78 is 48.6. The number of carbonyl (C=O) groups is 1. The molecule has 0 saturated heterocycles. The maximum Gasteiger partial charge on any atom is 0.416 e. The van der Waals surface area contributed by atoms with E-state index < -0.39 is 17.6 Å². The van der Waals surface area contributed by atoms with E-state index in [9.17, 15) is 18.0 Å². The van der Waals surface area contributed by atoms with Gasteiger partial charge in [0.2, 0.25) is 5.91 Å². The molecular weight excluding hydrogens is 349 g/mol. The van der Waals surface area contributed by atoms with Crippen molar-refractivity contribution in [3.05, 3.63) is 23.8 Å². The lowest BCUT2D eigenvalue weighted by atomic mass is 10.1. The standard InChI is InChI=1S/C15H21F3N2O3.ClH/c1-3-7-23-13-5-4-11(15(16,17)18)9-12(13)20-14(21)10-19-6-8-22-2;/h4-5,9,19H,3,6-8,10H2,1-2H3,(H,20,21);1H. The Morgan fingerprint density at radius 1 is 1.25 bits per heavy atom. The number of methoxy groups -OCH3 is 1. The highest BCUT2D eigenvalue weighted by Gasteiger charge is 2.31. The summed E-state index contributed by atoms with van der Waals surface area (Å²) in [6, 6.07) is 3.02. The molecule has 5 nitrogen and oxygen atoms in total. The molecule has 0 heterocycles. The zero-order valence-electron chi connectivity index (χ0n) is 13.5. The topological polar surface area (TPSA) is 59.6 Å². The normalized spacial score (nSPS) is 10.9. The summed E-state index contributed by atoms with van der Waals surface area (Å²) >= 11 is 0. The predicted octanol–water partition coefficient (Wildman–Crippen LogP) is 3.09. The number of halogens is 4. The third kappa shape index (κ3) is 7.85.